The third kappa shape index (κ3) is 4.13. The van der Waals surface area contributed by atoms with E-state index in [4.69, 9.17) is 9.15 Å². The standard InChI is InChI=1S/C22H21N3O4S/c1-3-28-16-10-8-15(9-11-16)20-14(2)30-21(24-20)23-19(26)12-13-25-17-6-4-5-7-18(17)29-22(25)27/h4-11H,3,12-13H2,1-2H3,(H,23,24,26). The first-order valence-corrected chi connectivity index (χ1v) is 10.5. The molecule has 0 aliphatic heterocycles. The van der Waals surface area contributed by atoms with Gasteiger partial charge in [-0.3, -0.25) is 9.36 Å². The number of carbonyl (C=O) groups excluding carboxylic acids is 1. The summed E-state index contributed by atoms with van der Waals surface area (Å²) in [6, 6.07) is 14.9. The van der Waals surface area contributed by atoms with Crippen LogP contribution in [0.15, 0.2) is 57.7 Å². The van der Waals surface area contributed by atoms with Crippen LogP contribution in [0.4, 0.5) is 5.13 Å². The molecule has 2 aromatic heterocycles. The number of anilines is 1. The molecule has 1 N–H and O–H groups in total. The minimum atomic E-state index is -0.466. The predicted molar refractivity (Wildman–Crippen MR) is 117 cm³/mol. The highest BCUT2D eigenvalue weighted by molar-refractivity contribution is 7.16. The van der Waals surface area contributed by atoms with Crippen LogP contribution in [0, 0.1) is 6.92 Å². The molecule has 2 heterocycles. The molecule has 0 radical (unpaired) electrons. The zero-order valence-corrected chi connectivity index (χ0v) is 17.5. The molecule has 2 aromatic carbocycles. The number of fused-ring (bicyclic) bond motifs is 1. The first-order valence-electron chi connectivity index (χ1n) is 9.64. The summed E-state index contributed by atoms with van der Waals surface area (Å²) in [4.78, 5) is 30.0. The van der Waals surface area contributed by atoms with Crippen molar-refractivity contribution in [1.29, 1.82) is 0 Å². The van der Waals surface area contributed by atoms with Gasteiger partial charge in [-0.25, -0.2) is 9.78 Å². The number of nitrogens with one attached hydrogen (secondary N) is 1. The summed E-state index contributed by atoms with van der Waals surface area (Å²) in [5.41, 5.74) is 2.98. The van der Waals surface area contributed by atoms with Crippen LogP contribution in [-0.4, -0.2) is 22.1 Å². The number of ether oxygens (including phenoxy) is 1. The van der Waals surface area contributed by atoms with E-state index in [-0.39, 0.29) is 18.9 Å². The molecule has 0 spiro atoms. The quantitative estimate of drug-likeness (QED) is 0.474. The summed E-state index contributed by atoms with van der Waals surface area (Å²) >= 11 is 1.42. The van der Waals surface area contributed by atoms with Crippen LogP contribution in [0.3, 0.4) is 0 Å². The Balaban J connectivity index is 1.43. The average Bonchev–Trinajstić information content (AvgIpc) is 3.25. The fourth-order valence-electron chi connectivity index (χ4n) is 3.21. The van der Waals surface area contributed by atoms with Gasteiger partial charge >= 0.3 is 5.76 Å². The molecule has 0 saturated heterocycles. The highest BCUT2D eigenvalue weighted by Crippen LogP contribution is 2.31. The molecule has 0 saturated carbocycles. The van der Waals surface area contributed by atoms with Gasteiger partial charge in [0.15, 0.2) is 10.7 Å². The molecule has 7 nitrogen and oxygen atoms in total. The summed E-state index contributed by atoms with van der Waals surface area (Å²) in [6.07, 6.45) is 0.139. The zero-order chi connectivity index (χ0) is 21.1. The molecule has 30 heavy (non-hydrogen) atoms. The van der Waals surface area contributed by atoms with E-state index in [0.717, 1.165) is 21.9 Å². The molecule has 0 unspecified atom stereocenters. The van der Waals surface area contributed by atoms with E-state index >= 15 is 0 Å². The maximum Gasteiger partial charge on any atom is 0.419 e. The van der Waals surface area contributed by atoms with E-state index < -0.39 is 5.76 Å². The molecule has 0 aliphatic rings. The Kier molecular flexibility index (Phi) is 5.67. The van der Waals surface area contributed by atoms with Gasteiger partial charge in [0.25, 0.3) is 0 Å². The fourth-order valence-corrected chi connectivity index (χ4v) is 4.07. The minimum absolute atomic E-state index is 0.139. The van der Waals surface area contributed by atoms with E-state index in [9.17, 15) is 9.59 Å². The van der Waals surface area contributed by atoms with Crippen molar-refractivity contribution < 1.29 is 13.9 Å². The van der Waals surface area contributed by atoms with Crippen molar-refractivity contribution in [3.8, 4) is 17.0 Å². The van der Waals surface area contributed by atoms with Crippen molar-refractivity contribution in [2.45, 2.75) is 26.8 Å². The van der Waals surface area contributed by atoms with E-state index in [0.29, 0.717) is 22.8 Å². The van der Waals surface area contributed by atoms with Gasteiger partial charge in [-0.15, -0.1) is 11.3 Å². The highest BCUT2D eigenvalue weighted by Gasteiger charge is 2.14. The van der Waals surface area contributed by atoms with Crippen LogP contribution in [0.5, 0.6) is 5.75 Å². The van der Waals surface area contributed by atoms with Crippen LogP contribution in [-0.2, 0) is 11.3 Å². The first kappa shape index (κ1) is 19.9. The molecule has 0 atom stereocenters. The second-order valence-electron chi connectivity index (χ2n) is 6.67. The molecule has 4 rings (SSSR count). The number of hydrogen-bond acceptors (Lipinski definition) is 6. The first-order chi connectivity index (χ1) is 14.5. The van der Waals surface area contributed by atoms with Crippen molar-refractivity contribution in [3.63, 3.8) is 0 Å². The fraction of sp³-hybridized carbons (Fsp3) is 0.227. The van der Waals surface area contributed by atoms with Gasteiger partial charge in [-0.1, -0.05) is 12.1 Å². The van der Waals surface area contributed by atoms with Crippen LogP contribution in [0.2, 0.25) is 0 Å². The Hall–Kier alpha value is -3.39. The number of aromatic nitrogens is 2. The van der Waals surface area contributed by atoms with E-state index in [1.54, 1.807) is 18.2 Å². The maximum absolute atomic E-state index is 12.4. The maximum atomic E-state index is 12.4. The molecule has 4 aromatic rings. The summed E-state index contributed by atoms with van der Waals surface area (Å²) in [6.45, 7) is 4.76. The van der Waals surface area contributed by atoms with Gasteiger partial charge in [-0.05, 0) is 50.2 Å². The number of carbonyl (C=O) groups is 1. The molecule has 154 valence electrons. The lowest BCUT2D eigenvalue weighted by Gasteiger charge is -2.04. The Bertz CT molecular complexity index is 1240. The van der Waals surface area contributed by atoms with Gasteiger partial charge in [0, 0.05) is 23.4 Å². The normalized spacial score (nSPS) is 11.0. The van der Waals surface area contributed by atoms with Crippen molar-refractivity contribution >= 4 is 33.5 Å². The minimum Gasteiger partial charge on any atom is -0.494 e. The number of rotatable bonds is 7. The molecule has 8 heteroatoms. The monoisotopic (exact) mass is 423 g/mol. The van der Waals surface area contributed by atoms with Crippen LogP contribution in [0.25, 0.3) is 22.4 Å². The van der Waals surface area contributed by atoms with Crippen molar-refractivity contribution in [3.05, 3.63) is 64.0 Å². The Morgan fingerprint density at radius 3 is 2.73 bits per heavy atom. The third-order valence-corrected chi connectivity index (χ3v) is 5.50. The number of amides is 1. The largest absolute Gasteiger partial charge is 0.494 e. The summed E-state index contributed by atoms with van der Waals surface area (Å²) in [5.74, 6) is 0.135. The second-order valence-corrected chi connectivity index (χ2v) is 7.87. The highest BCUT2D eigenvalue weighted by atomic mass is 32.1. The smallest absolute Gasteiger partial charge is 0.419 e. The van der Waals surface area contributed by atoms with Gasteiger partial charge < -0.3 is 14.5 Å². The molecular weight excluding hydrogens is 402 g/mol. The number of para-hydroxylation sites is 2. The predicted octanol–water partition coefficient (Wildman–Crippen LogP) is 4.45. The number of benzene rings is 2. The SMILES string of the molecule is CCOc1ccc(-c2nc(NC(=O)CCn3c(=O)oc4ccccc43)sc2C)cc1. The molecule has 0 aliphatic carbocycles. The van der Waals surface area contributed by atoms with E-state index in [2.05, 4.69) is 10.3 Å². The second kappa shape index (κ2) is 8.54. The van der Waals surface area contributed by atoms with Gasteiger partial charge in [-0.2, -0.15) is 0 Å². The van der Waals surface area contributed by atoms with Crippen molar-refractivity contribution in [2.24, 2.45) is 0 Å². The Morgan fingerprint density at radius 1 is 1.20 bits per heavy atom. The molecular formula is C22H21N3O4S. The number of thiazole rings is 1. The van der Waals surface area contributed by atoms with E-state index in [1.165, 1.54) is 15.9 Å². The third-order valence-electron chi connectivity index (χ3n) is 4.62. The Labute approximate surface area is 176 Å². The number of hydrogen-bond donors (Lipinski definition) is 1. The van der Waals surface area contributed by atoms with Gasteiger partial charge in [0.1, 0.15) is 5.75 Å². The van der Waals surface area contributed by atoms with Crippen molar-refractivity contribution in [2.75, 3.05) is 11.9 Å². The zero-order valence-electron chi connectivity index (χ0n) is 16.7. The summed E-state index contributed by atoms with van der Waals surface area (Å²) < 4.78 is 12.1. The van der Waals surface area contributed by atoms with Gasteiger partial charge in [0.2, 0.25) is 5.91 Å². The van der Waals surface area contributed by atoms with Crippen molar-refractivity contribution in [1.82, 2.24) is 9.55 Å². The lowest BCUT2D eigenvalue weighted by atomic mass is 10.1. The number of aryl methyl sites for hydroxylation is 2. The Morgan fingerprint density at radius 2 is 1.97 bits per heavy atom. The molecule has 1 amide bonds. The molecule has 0 fully saturated rings. The topological polar surface area (TPSA) is 86.4 Å². The summed E-state index contributed by atoms with van der Waals surface area (Å²) in [7, 11) is 0. The van der Waals surface area contributed by atoms with Crippen LogP contribution >= 0.6 is 11.3 Å². The lowest BCUT2D eigenvalue weighted by molar-refractivity contribution is -0.116. The number of oxazole rings is 1. The lowest BCUT2D eigenvalue weighted by Crippen LogP contribution is -2.19. The van der Waals surface area contributed by atoms with E-state index in [1.807, 2.05) is 44.2 Å². The van der Waals surface area contributed by atoms with Crippen LogP contribution < -0.4 is 15.8 Å². The average molecular weight is 423 g/mol. The van der Waals surface area contributed by atoms with Crippen LogP contribution in [0.1, 0.15) is 18.2 Å². The summed E-state index contributed by atoms with van der Waals surface area (Å²) in [5, 5.41) is 3.37. The number of nitrogens with zero attached hydrogens (tertiary/aromatic N) is 2. The van der Waals surface area contributed by atoms with Gasteiger partial charge in [0.05, 0.1) is 17.8 Å². The molecule has 0 bridgehead atoms.